The molecule has 0 unspecified atom stereocenters. The Bertz CT molecular complexity index is 652. The highest BCUT2D eigenvalue weighted by molar-refractivity contribution is 9.10. The predicted octanol–water partition coefficient (Wildman–Crippen LogP) is 0.596. The van der Waals surface area contributed by atoms with Crippen LogP contribution in [0.4, 0.5) is 0 Å². The molecule has 6 nitrogen and oxygen atoms in total. The van der Waals surface area contributed by atoms with E-state index < -0.39 is 11.2 Å². The molecule has 0 amide bonds. The Morgan fingerprint density at radius 2 is 2.06 bits per heavy atom. The Kier molecular flexibility index (Phi) is 2.71. The molecule has 0 atom stereocenters. The lowest BCUT2D eigenvalue weighted by Gasteiger charge is -2.01. The molecule has 86 valence electrons. The summed E-state index contributed by atoms with van der Waals surface area (Å²) in [7, 11) is 1.60. The summed E-state index contributed by atoms with van der Waals surface area (Å²) >= 11 is 3.26. The summed E-state index contributed by atoms with van der Waals surface area (Å²) in [6, 6.07) is 0. The number of aryl methyl sites for hydroxylation is 2. The van der Waals surface area contributed by atoms with Crippen LogP contribution in [0.3, 0.4) is 0 Å². The average molecular weight is 287 g/mol. The summed E-state index contributed by atoms with van der Waals surface area (Å²) in [5.74, 6) is 0. The minimum Gasteiger partial charge on any atom is -0.292 e. The van der Waals surface area contributed by atoms with E-state index in [-0.39, 0.29) is 0 Å². The molecule has 0 saturated heterocycles. The Labute approximate surface area is 99.0 Å². The van der Waals surface area contributed by atoms with Gasteiger partial charge >= 0.3 is 5.69 Å². The molecule has 0 aliphatic rings. The van der Waals surface area contributed by atoms with Crippen LogP contribution in [0.15, 0.2) is 14.2 Å². The fourth-order valence-electron chi connectivity index (χ4n) is 1.66. The zero-order valence-electron chi connectivity index (χ0n) is 8.95. The van der Waals surface area contributed by atoms with E-state index in [4.69, 9.17) is 0 Å². The van der Waals surface area contributed by atoms with E-state index in [0.717, 1.165) is 6.42 Å². The molecule has 16 heavy (non-hydrogen) atoms. The Hall–Kier alpha value is -1.37. The number of nitrogens with zero attached hydrogens (tertiary/aromatic N) is 3. The number of halogens is 1. The Balaban J connectivity index is 2.96. The molecule has 2 rings (SSSR count). The highest BCUT2D eigenvalue weighted by Crippen LogP contribution is 2.18. The van der Waals surface area contributed by atoms with Crippen molar-refractivity contribution in [3.8, 4) is 0 Å². The smallest absolute Gasteiger partial charge is 0.292 e. The first-order valence-electron chi connectivity index (χ1n) is 4.91. The minimum atomic E-state index is -0.436. The zero-order chi connectivity index (χ0) is 11.9. The van der Waals surface area contributed by atoms with Crippen LogP contribution in [-0.2, 0) is 13.6 Å². The van der Waals surface area contributed by atoms with Crippen molar-refractivity contribution in [2.45, 2.75) is 19.9 Å². The average Bonchev–Trinajstić information content (AvgIpc) is 2.53. The van der Waals surface area contributed by atoms with Gasteiger partial charge in [0.25, 0.3) is 5.56 Å². The summed E-state index contributed by atoms with van der Waals surface area (Å²) < 4.78 is 3.50. The van der Waals surface area contributed by atoms with E-state index in [1.54, 1.807) is 11.7 Å². The molecule has 0 aliphatic heterocycles. The fourth-order valence-corrected chi connectivity index (χ4v) is 2.31. The van der Waals surface area contributed by atoms with Gasteiger partial charge in [0.15, 0.2) is 10.1 Å². The Morgan fingerprint density at radius 3 is 2.69 bits per heavy atom. The van der Waals surface area contributed by atoms with E-state index in [1.807, 2.05) is 6.92 Å². The zero-order valence-corrected chi connectivity index (χ0v) is 10.5. The molecule has 0 saturated carbocycles. The van der Waals surface area contributed by atoms with Gasteiger partial charge in [0.05, 0.1) is 0 Å². The number of aromatic nitrogens is 4. The molecule has 0 aliphatic carbocycles. The first-order chi connectivity index (χ1) is 7.56. The topological polar surface area (TPSA) is 72.7 Å². The van der Waals surface area contributed by atoms with Crippen LogP contribution in [0.2, 0.25) is 0 Å². The van der Waals surface area contributed by atoms with Crippen molar-refractivity contribution < 1.29 is 0 Å². The van der Waals surface area contributed by atoms with Gasteiger partial charge in [-0.05, 0) is 22.4 Å². The second kappa shape index (κ2) is 3.89. The van der Waals surface area contributed by atoms with E-state index in [0.29, 0.717) is 22.2 Å². The summed E-state index contributed by atoms with van der Waals surface area (Å²) in [5.41, 5.74) is 0.122. The van der Waals surface area contributed by atoms with Crippen LogP contribution in [0, 0.1) is 0 Å². The minimum absolute atomic E-state index is 0.398. The molecule has 2 heterocycles. The molecule has 2 aromatic rings. The summed E-state index contributed by atoms with van der Waals surface area (Å²) in [4.78, 5) is 25.4. The number of aromatic amines is 1. The maximum Gasteiger partial charge on any atom is 0.328 e. The molecule has 0 spiro atoms. The number of nitrogens with one attached hydrogen (secondary N) is 1. The van der Waals surface area contributed by atoms with Crippen LogP contribution in [0.1, 0.15) is 13.3 Å². The van der Waals surface area contributed by atoms with Crippen LogP contribution >= 0.6 is 15.9 Å². The van der Waals surface area contributed by atoms with Crippen molar-refractivity contribution in [1.29, 1.82) is 0 Å². The molecule has 0 aromatic carbocycles. The van der Waals surface area contributed by atoms with Crippen LogP contribution in [0.25, 0.3) is 11.0 Å². The first-order valence-corrected chi connectivity index (χ1v) is 5.71. The van der Waals surface area contributed by atoms with Crippen molar-refractivity contribution in [1.82, 2.24) is 19.3 Å². The largest absolute Gasteiger partial charge is 0.328 e. The monoisotopic (exact) mass is 286 g/mol. The highest BCUT2D eigenvalue weighted by Gasteiger charge is 2.15. The van der Waals surface area contributed by atoms with Gasteiger partial charge in [0.2, 0.25) is 0 Å². The standard InChI is InChI=1S/C9H11BrN4O2/c1-3-4-14-6-5(7(10)12-14)13(2)9(16)11-8(6)15/h3-4H2,1-2H3,(H,11,15,16). The molecule has 0 fully saturated rings. The Morgan fingerprint density at radius 1 is 1.38 bits per heavy atom. The third kappa shape index (κ3) is 1.51. The van der Waals surface area contributed by atoms with Crippen molar-refractivity contribution in [3.63, 3.8) is 0 Å². The third-order valence-corrected chi connectivity index (χ3v) is 2.93. The number of fused-ring (bicyclic) bond motifs is 1. The molecule has 2 aromatic heterocycles. The molecule has 1 N–H and O–H groups in total. The molecular weight excluding hydrogens is 276 g/mol. The maximum absolute atomic E-state index is 11.7. The summed E-state index contributed by atoms with van der Waals surface area (Å²) in [5, 5.41) is 4.20. The highest BCUT2D eigenvalue weighted by atomic mass is 79.9. The second-order valence-electron chi connectivity index (χ2n) is 3.53. The second-order valence-corrected chi connectivity index (χ2v) is 4.28. The first kappa shape index (κ1) is 11.1. The van der Waals surface area contributed by atoms with Gasteiger partial charge in [0, 0.05) is 13.6 Å². The van der Waals surface area contributed by atoms with Gasteiger partial charge in [-0.25, -0.2) is 4.79 Å². The van der Waals surface area contributed by atoms with Gasteiger partial charge in [-0.1, -0.05) is 6.92 Å². The number of rotatable bonds is 2. The fraction of sp³-hybridized carbons (Fsp3) is 0.444. The van der Waals surface area contributed by atoms with Gasteiger partial charge in [-0.15, -0.1) is 0 Å². The molecule has 0 bridgehead atoms. The van der Waals surface area contributed by atoms with E-state index in [9.17, 15) is 9.59 Å². The quantitative estimate of drug-likeness (QED) is 0.879. The number of H-pyrrole nitrogens is 1. The lowest BCUT2D eigenvalue weighted by Crippen LogP contribution is -2.29. The normalized spacial score (nSPS) is 11.2. The maximum atomic E-state index is 11.7. The van der Waals surface area contributed by atoms with E-state index >= 15 is 0 Å². The van der Waals surface area contributed by atoms with E-state index in [1.165, 1.54) is 4.57 Å². The summed E-state index contributed by atoms with van der Waals surface area (Å²) in [6.45, 7) is 2.64. The summed E-state index contributed by atoms with van der Waals surface area (Å²) in [6.07, 6.45) is 0.867. The lowest BCUT2D eigenvalue weighted by atomic mass is 10.4. The van der Waals surface area contributed by atoms with Gasteiger partial charge in [0.1, 0.15) is 5.52 Å². The van der Waals surface area contributed by atoms with E-state index in [2.05, 4.69) is 26.0 Å². The molecule has 0 radical (unpaired) electrons. The van der Waals surface area contributed by atoms with Crippen LogP contribution in [-0.4, -0.2) is 19.3 Å². The SMILES string of the molecule is CCCn1nc(Br)c2c1c(=O)[nH]c(=O)n2C. The third-order valence-electron chi connectivity index (χ3n) is 2.40. The number of hydrogen-bond acceptors (Lipinski definition) is 3. The van der Waals surface area contributed by atoms with Crippen molar-refractivity contribution >= 4 is 27.0 Å². The van der Waals surface area contributed by atoms with Gasteiger partial charge in [-0.2, -0.15) is 5.10 Å². The van der Waals surface area contributed by atoms with Crippen molar-refractivity contribution in [2.75, 3.05) is 0 Å². The van der Waals surface area contributed by atoms with Crippen LogP contribution in [0.5, 0.6) is 0 Å². The van der Waals surface area contributed by atoms with Gasteiger partial charge < -0.3 is 0 Å². The molecular formula is C9H11BrN4O2. The molecule has 7 heteroatoms. The lowest BCUT2D eigenvalue weighted by molar-refractivity contribution is 0.616. The van der Waals surface area contributed by atoms with Crippen molar-refractivity contribution in [3.05, 3.63) is 25.4 Å². The van der Waals surface area contributed by atoms with Crippen LogP contribution < -0.4 is 11.2 Å². The van der Waals surface area contributed by atoms with Crippen molar-refractivity contribution in [2.24, 2.45) is 7.05 Å². The number of hydrogen-bond donors (Lipinski definition) is 1. The van der Waals surface area contributed by atoms with Gasteiger partial charge in [-0.3, -0.25) is 19.0 Å². The predicted molar refractivity (Wildman–Crippen MR) is 63.6 cm³/mol.